The van der Waals surface area contributed by atoms with Crippen LogP contribution in [0.3, 0.4) is 0 Å². The first-order valence-corrected chi connectivity index (χ1v) is 8.67. The topological polar surface area (TPSA) is 52.5 Å². The van der Waals surface area contributed by atoms with E-state index in [0.717, 1.165) is 28.4 Å². The van der Waals surface area contributed by atoms with Gasteiger partial charge in [-0.15, -0.1) is 11.3 Å². The number of hydrogen-bond acceptors (Lipinski definition) is 4. The van der Waals surface area contributed by atoms with Crippen molar-refractivity contribution >= 4 is 16.3 Å². The smallest absolute Gasteiger partial charge is 0.194 e. The normalized spacial score (nSPS) is 12.0. The summed E-state index contributed by atoms with van der Waals surface area (Å²) >= 11 is 1.69. The van der Waals surface area contributed by atoms with Gasteiger partial charge in [0, 0.05) is 28.5 Å². The van der Waals surface area contributed by atoms with E-state index in [1.807, 2.05) is 12.1 Å². The second kappa shape index (κ2) is 5.98. The van der Waals surface area contributed by atoms with Crippen LogP contribution in [0.4, 0.5) is 0 Å². The molecular weight excluding hydrogens is 306 g/mol. The summed E-state index contributed by atoms with van der Waals surface area (Å²) in [4.78, 5) is 5.91. The average molecular weight is 329 g/mol. The predicted molar refractivity (Wildman–Crippen MR) is 96.5 cm³/mol. The van der Waals surface area contributed by atoms with Crippen LogP contribution in [0.25, 0.3) is 16.2 Å². The molecule has 0 bridgehead atoms. The van der Waals surface area contributed by atoms with Crippen molar-refractivity contribution in [1.82, 2.24) is 9.38 Å². The predicted octanol–water partition coefficient (Wildman–Crippen LogP) is 3.87. The van der Waals surface area contributed by atoms with E-state index in [-0.39, 0.29) is 5.41 Å². The molecule has 0 spiro atoms. The molecule has 0 saturated carbocycles. The summed E-state index contributed by atoms with van der Waals surface area (Å²) in [5, 5.41) is 2.21. The highest BCUT2D eigenvalue weighted by molar-refractivity contribution is 7.15. The summed E-state index contributed by atoms with van der Waals surface area (Å²) in [6.07, 6.45) is 0.808. The van der Waals surface area contributed by atoms with Crippen molar-refractivity contribution in [2.24, 2.45) is 5.73 Å². The highest BCUT2D eigenvalue weighted by atomic mass is 32.1. The lowest BCUT2D eigenvalue weighted by molar-refractivity contribution is 0.415. The number of fused-ring (bicyclic) bond motifs is 1. The molecule has 0 atom stereocenters. The van der Waals surface area contributed by atoms with E-state index in [4.69, 9.17) is 15.5 Å². The van der Waals surface area contributed by atoms with Crippen LogP contribution in [0.5, 0.6) is 5.75 Å². The van der Waals surface area contributed by atoms with Crippen molar-refractivity contribution in [1.29, 1.82) is 0 Å². The molecule has 0 amide bonds. The summed E-state index contributed by atoms with van der Waals surface area (Å²) in [6.45, 7) is 7.30. The molecule has 0 unspecified atom stereocenters. The van der Waals surface area contributed by atoms with Gasteiger partial charge in [0.05, 0.1) is 18.5 Å². The monoisotopic (exact) mass is 329 g/mol. The van der Waals surface area contributed by atoms with Crippen molar-refractivity contribution in [3.63, 3.8) is 0 Å². The SMILES string of the molecule is COc1ccc(-c2nc3scc(C(C)(C)C)n3c2CCN)cc1. The molecule has 0 radical (unpaired) electrons. The molecule has 0 aliphatic rings. The first-order chi connectivity index (χ1) is 11.0. The molecule has 2 heterocycles. The molecule has 0 fully saturated rings. The molecular formula is C18H23N3OS. The van der Waals surface area contributed by atoms with Gasteiger partial charge in [0.15, 0.2) is 4.96 Å². The second-order valence-electron chi connectivity index (χ2n) is 6.66. The molecule has 4 nitrogen and oxygen atoms in total. The maximum absolute atomic E-state index is 5.87. The van der Waals surface area contributed by atoms with Gasteiger partial charge < -0.3 is 10.5 Å². The first-order valence-electron chi connectivity index (χ1n) is 7.79. The van der Waals surface area contributed by atoms with Crippen molar-refractivity contribution in [2.75, 3.05) is 13.7 Å². The fraction of sp³-hybridized carbons (Fsp3) is 0.389. The minimum atomic E-state index is 0.0689. The second-order valence-corrected chi connectivity index (χ2v) is 7.50. The van der Waals surface area contributed by atoms with Crippen LogP contribution in [-0.2, 0) is 11.8 Å². The van der Waals surface area contributed by atoms with Gasteiger partial charge in [-0.05, 0) is 30.8 Å². The Kier molecular flexibility index (Phi) is 4.17. The number of rotatable bonds is 4. The van der Waals surface area contributed by atoms with E-state index in [9.17, 15) is 0 Å². The number of benzene rings is 1. The standard InChI is InChI=1S/C18H23N3OS/c1-18(2,3)15-11-23-17-20-16(14(9-10-19)21(15)17)12-5-7-13(22-4)8-6-12/h5-8,11H,9-10,19H2,1-4H3. The van der Waals surface area contributed by atoms with E-state index in [1.165, 1.54) is 11.4 Å². The average Bonchev–Trinajstić information content (AvgIpc) is 3.07. The van der Waals surface area contributed by atoms with Crippen LogP contribution < -0.4 is 10.5 Å². The largest absolute Gasteiger partial charge is 0.497 e. The van der Waals surface area contributed by atoms with E-state index < -0.39 is 0 Å². The fourth-order valence-corrected chi connectivity index (χ4v) is 3.91. The van der Waals surface area contributed by atoms with Crippen molar-refractivity contribution in [3.8, 4) is 17.0 Å². The molecule has 2 aromatic heterocycles. The minimum Gasteiger partial charge on any atom is -0.497 e. The summed E-state index contributed by atoms with van der Waals surface area (Å²) in [5.41, 5.74) is 10.5. The molecule has 122 valence electrons. The molecule has 23 heavy (non-hydrogen) atoms. The first kappa shape index (κ1) is 16.0. The molecule has 1 aromatic carbocycles. The zero-order valence-electron chi connectivity index (χ0n) is 14.1. The van der Waals surface area contributed by atoms with Gasteiger partial charge in [-0.1, -0.05) is 20.8 Å². The summed E-state index contributed by atoms with van der Waals surface area (Å²) in [7, 11) is 1.68. The van der Waals surface area contributed by atoms with Gasteiger partial charge in [-0.2, -0.15) is 0 Å². The molecule has 0 aliphatic carbocycles. The van der Waals surface area contributed by atoms with Crippen LogP contribution in [0.1, 0.15) is 32.2 Å². The number of methoxy groups -OCH3 is 1. The Morgan fingerprint density at radius 2 is 1.91 bits per heavy atom. The van der Waals surface area contributed by atoms with Gasteiger partial charge >= 0.3 is 0 Å². The van der Waals surface area contributed by atoms with E-state index in [2.05, 4.69) is 42.7 Å². The Labute approximate surface area is 140 Å². The van der Waals surface area contributed by atoms with E-state index in [0.29, 0.717) is 6.54 Å². The highest BCUT2D eigenvalue weighted by Crippen LogP contribution is 2.34. The van der Waals surface area contributed by atoms with Crippen LogP contribution in [-0.4, -0.2) is 23.0 Å². The van der Waals surface area contributed by atoms with Gasteiger partial charge in [0.25, 0.3) is 0 Å². The summed E-state index contributed by atoms with van der Waals surface area (Å²) in [6, 6.07) is 8.06. The number of ether oxygens (including phenoxy) is 1. The quantitative estimate of drug-likeness (QED) is 0.790. The number of hydrogen-bond donors (Lipinski definition) is 1. The van der Waals surface area contributed by atoms with Gasteiger partial charge in [-0.25, -0.2) is 4.98 Å². The maximum Gasteiger partial charge on any atom is 0.194 e. The van der Waals surface area contributed by atoms with E-state index in [1.54, 1.807) is 18.4 Å². The van der Waals surface area contributed by atoms with Crippen LogP contribution in [0, 0.1) is 0 Å². The molecule has 0 saturated heterocycles. The zero-order valence-corrected chi connectivity index (χ0v) is 14.9. The Morgan fingerprint density at radius 1 is 1.22 bits per heavy atom. The van der Waals surface area contributed by atoms with Gasteiger partial charge in [0.2, 0.25) is 0 Å². The van der Waals surface area contributed by atoms with Crippen LogP contribution >= 0.6 is 11.3 Å². The number of nitrogens with zero attached hydrogens (tertiary/aromatic N) is 2. The van der Waals surface area contributed by atoms with Crippen LogP contribution in [0.2, 0.25) is 0 Å². The molecule has 2 N–H and O–H groups in total. The Morgan fingerprint density at radius 3 is 2.48 bits per heavy atom. The van der Waals surface area contributed by atoms with E-state index >= 15 is 0 Å². The van der Waals surface area contributed by atoms with Gasteiger partial charge in [-0.3, -0.25) is 4.40 Å². The van der Waals surface area contributed by atoms with Crippen molar-refractivity contribution < 1.29 is 4.74 Å². The molecule has 5 heteroatoms. The highest BCUT2D eigenvalue weighted by Gasteiger charge is 2.24. The Balaban J connectivity index is 2.20. The third kappa shape index (κ3) is 2.86. The third-order valence-corrected chi connectivity index (χ3v) is 4.80. The minimum absolute atomic E-state index is 0.0689. The zero-order chi connectivity index (χ0) is 16.6. The lowest BCUT2D eigenvalue weighted by Gasteiger charge is -2.18. The number of thiazole rings is 1. The lowest BCUT2D eigenvalue weighted by Crippen LogP contribution is -2.16. The molecule has 3 rings (SSSR count). The van der Waals surface area contributed by atoms with Crippen molar-refractivity contribution in [3.05, 3.63) is 41.0 Å². The summed E-state index contributed by atoms with van der Waals surface area (Å²) < 4.78 is 7.54. The maximum atomic E-state index is 5.87. The third-order valence-electron chi connectivity index (χ3n) is 3.97. The number of nitrogens with two attached hydrogens (primary N) is 1. The fourth-order valence-electron chi connectivity index (χ4n) is 2.78. The Bertz CT molecular complexity index is 809. The molecule has 3 aromatic rings. The van der Waals surface area contributed by atoms with Gasteiger partial charge in [0.1, 0.15) is 5.75 Å². The number of imidazole rings is 1. The number of aromatic nitrogens is 2. The molecule has 0 aliphatic heterocycles. The Hall–Kier alpha value is -1.85. The summed E-state index contributed by atoms with van der Waals surface area (Å²) in [5.74, 6) is 0.852. The lowest BCUT2D eigenvalue weighted by atomic mass is 9.93. The van der Waals surface area contributed by atoms with Crippen LogP contribution in [0.15, 0.2) is 29.6 Å². The van der Waals surface area contributed by atoms with Crippen molar-refractivity contribution in [2.45, 2.75) is 32.6 Å².